The molecule has 2 heterocycles. The predicted octanol–water partition coefficient (Wildman–Crippen LogP) is 6.26. The summed E-state index contributed by atoms with van der Waals surface area (Å²) in [6.07, 6.45) is 2.17. The van der Waals surface area contributed by atoms with Gasteiger partial charge in [0.1, 0.15) is 17.2 Å². The van der Waals surface area contributed by atoms with Crippen molar-refractivity contribution in [3.05, 3.63) is 58.4 Å². The van der Waals surface area contributed by atoms with E-state index in [1.54, 1.807) is 30.4 Å². The summed E-state index contributed by atoms with van der Waals surface area (Å²) in [7, 11) is 0. The van der Waals surface area contributed by atoms with Crippen LogP contribution in [-0.2, 0) is 6.54 Å². The average molecular weight is 464 g/mol. The molecule has 1 N–H and O–H groups in total. The van der Waals surface area contributed by atoms with E-state index in [9.17, 15) is 9.90 Å². The van der Waals surface area contributed by atoms with Crippen molar-refractivity contribution in [1.82, 2.24) is 14.5 Å². The first-order valence-corrected chi connectivity index (χ1v) is 12.2. The van der Waals surface area contributed by atoms with E-state index < -0.39 is 0 Å². The summed E-state index contributed by atoms with van der Waals surface area (Å²) in [6, 6.07) is 11.6. The second-order valence-corrected chi connectivity index (χ2v) is 9.33. The standard InChI is InChI=1S/C26H29N3O3S/c1-17(2)14-23(30)19-10-11-24(18(3)25(19)31)32-13-7-6-12-29-22-9-5-4-8-20(22)28-26(29)21-15-33-16-27-21/h4-5,8-11,15-17,31H,6-7,12-14H2,1-3H3. The van der Waals surface area contributed by atoms with Gasteiger partial charge in [-0.1, -0.05) is 26.0 Å². The Morgan fingerprint density at radius 3 is 2.76 bits per heavy atom. The smallest absolute Gasteiger partial charge is 0.166 e. The summed E-state index contributed by atoms with van der Waals surface area (Å²) in [4.78, 5) is 21.6. The number of hydrogen-bond donors (Lipinski definition) is 1. The number of rotatable bonds is 10. The Morgan fingerprint density at radius 2 is 2.00 bits per heavy atom. The number of imidazole rings is 1. The van der Waals surface area contributed by atoms with Crippen molar-refractivity contribution in [2.24, 2.45) is 5.92 Å². The normalized spacial score (nSPS) is 11.4. The number of unbranched alkanes of at least 4 members (excludes halogenated alkanes) is 1. The van der Waals surface area contributed by atoms with Crippen LogP contribution in [0.3, 0.4) is 0 Å². The molecule has 0 amide bonds. The van der Waals surface area contributed by atoms with Gasteiger partial charge in [0.05, 0.1) is 28.7 Å². The van der Waals surface area contributed by atoms with E-state index in [0.29, 0.717) is 29.9 Å². The molecule has 0 saturated carbocycles. The summed E-state index contributed by atoms with van der Waals surface area (Å²) in [5.74, 6) is 1.74. The largest absolute Gasteiger partial charge is 0.507 e. The molecule has 7 heteroatoms. The van der Waals surface area contributed by atoms with E-state index in [4.69, 9.17) is 9.72 Å². The number of aromatic nitrogens is 3. The highest BCUT2D eigenvalue weighted by molar-refractivity contribution is 7.07. The summed E-state index contributed by atoms with van der Waals surface area (Å²) < 4.78 is 8.15. The van der Waals surface area contributed by atoms with Crippen LogP contribution >= 0.6 is 11.3 Å². The Hall–Kier alpha value is -3.19. The minimum atomic E-state index is -0.0411. The van der Waals surface area contributed by atoms with Gasteiger partial charge in [0.2, 0.25) is 0 Å². The quantitative estimate of drug-likeness (QED) is 0.222. The monoisotopic (exact) mass is 463 g/mol. The summed E-state index contributed by atoms with van der Waals surface area (Å²) in [5.41, 5.74) is 5.77. The highest BCUT2D eigenvalue weighted by atomic mass is 32.1. The molecule has 33 heavy (non-hydrogen) atoms. The van der Waals surface area contributed by atoms with Gasteiger partial charge in [0.25, 0.3) is 0 Å². The summed E-state index contributed by atoms with van der Waals surface area (Å²) in [5, 5.41) is 12.5. The molecule has 6 nitrogen and oxygen atoms in total. The minimum Gasteiger partial charge on any atom is -0.507 e. The molecule has 0 aliphatic rings. The van der Waals surface area contributed by atoms with Crippen molar-refractivity contribution in [3.63, 3.8) is 0 Å². The lowest BCUT2D eigenvalue weighted by molar-refractivity contribution is 0.0965. The number of aryl methyl sites for hydroxylation is 1. The highest BCUT2D eigenvalue weighted by Gasteiger charge is 2.17. The van der Waals surface area contributed by atoms with Crippen molar-refractivity contribution in [2.45, 2.75) is 46.6 Å². The van der Waals surface area contributed by atoms with Gasteiger partial charge in [-0.15, -0.1) is 11.3 Å². The van der Waals surface area contributed by atoms with E-state index in [0.717, 1.165) is 41.9 Å². The average Bonchev–Trinajstić information content (AvgIpc) is 3.44. The lowest BCUT2D eigenvalue weighted by Gasteiger charge is -2.14. The number of Topliss-reactive ketones (excluding diaryl/α,β-unsaturated/α-hetero) is 1. The maximum Gasteiger partial charge on any atom is 0.166 e. The van der Waals surface area contributed by atoms with Crippen LogP contribution in [-0.4, -0.2) is 32.0 Å². The Bertz CT molecular complexity index is 1250. The van der Waals surface area contributed by atoms with Gasteiger partial charge in [0, 0.05) is 23.9 Å². The van der Waals surface area contributed by atoms with Crippen molar-refractivity contribution in [3.8, 4) is 23.0 Å². The Labute approximate surface area is 197 Å². The van der Waals surface area contributed by atoms with Gasteiger partial charge in [-0.25, -0.2) is 9.97 Å². The lowest BCUT2D eigenvalue weighted by Crippen LogP contribution is -2.07. The van der Waals surface area contributed by atoms with Gasteiger partial charge in [0.15, 0.2) is 11.6 Å². The second kappa shape index (κ2) is 10.2. The van der Waals surface area contributed by atoms with E-state index in [2.05, 4.69) is 15.6 Å². The number of carbonyl (C=O) groups is 1. The fraction of sp³-hybridized carbons (Fsp3) is 0.346. The molecule has 0 unspecified atom stereocenters. The molecule has 4 aromatic rings. The van der Waals surface area contributed by atoms with E-state index >= 15 is 0 Å². The van der Waals surface area contributed by atoms with Crippen LogP contribution in [0.2, 0.25) is 0 Å². The summed E-state index contributed by atoms with van der Waals surface area (Å²) >= 11 is 1.56. The van der Waals surface area contributed by atoms with Crippen LogP contribution in [0.1, 0.15) is 49.0 Å². The molecule has 0 fully saturated rings. The van der Waals surface area contributed by atoms with Gasteiger partial charge in [-0.3, -0.25) is 4.79 Å². The number of hydrogen-bond acceptors (Lipinski definition) is 6. The number of fused-ring (bicyclic) bond motifs is 1. The zero-order valence-corrected chi connectivity index (χ0v) is 20.1. The van der Waals surface area contributed by atoms with Crippen LogP contribution in [0, 0.1) is 12.8 Å². The zero-order valence-electron chi connectivity index (χ0n) is 19.2. The van der Waals surface area contributed by atoms with Crippen LogP contribution in [0.5, 0.6) is 11.5 Å². The minimum absolute atomic E-state index is 0.0240. The first kappa shape index (κ1) is 23.0. The molecule has 4 rings (SSSR count). The summed E-state index contributed by atoms with van der Waals surface area (Å²) in [6.45, 7) is 7.11. The SMILES string of the molecule is Cc1c(OCCCCn2c(-c3cscn3)nc3ccccc32)ccc(C(=O)CC(C)C)c1O. The van der Waals surface area contributed by atoms with Crippen molar-refractivity contribution >= 4 is 28.2 Å². The number of benzene rings is 2. The van der Waals surface area contributed by atoms with E-state index in [1.807, 2.05) is 42.9 Å². The van der Waals surface area contributed by atoms with Crippen LogP contribution in [0.25, 0.3) is 22.6 Å². The molecule has 0 atom stereocenters. The zero-order chi connectivity index (χ0) is 23.4. The third-order valence-electron chi connectivity index (χ3n) is 5.62. The van der Waals surface area contributed by atoms with E-state index in [1.165, 1.54) is 0 Å². The van der Waals surface area contributed by atoms with Crippen molar-refractivity contribution in [1.29, 1.82) is 0 Å². The number of carbonyl (C=O) groups excluding carboxylic acids is 1. The number of ketones is 1. The maximum absolute atomic E-state index is 12.3. The first-order valence-electron chi connectivity index (χ1n) is 11.3. The van der Waals surface area contributed by atoms with E-state index in [-0.39, 0.29) is 17.5 Å². The number of thiazole rings is 1. The molecule has 172 valence electrons. The molecular weight excluding hydrogens is 434 g/mol. The molecular formula is C26H29N3O3S. The number of phenolic OH excluding ortho intramolecular Hbond substituents is 1. The van der Waals surface area contributed by atoms with Crippen LogP contribution in [0.4, 0.5) is 0 Å². The molecule has 0 aliphatic heterocycles. The molecule has 0 aliphatic carbocycles. The Kier molecular flexibility index (Phi) is 7.08. The molecule has 0 bridgehead atoms. The third-order valence-corrected chi connectivity index (χ3v) is 6.21. The third kappa shape index (κ3) is 5.09. The number of para-hydroxylation sites is 2. The fourth-order valence-corrected chi connectivity index (χ4v) is 4.45. The number of aromatic hydroxyl groups is 1. The second-order valence-electron chi connectivity index (χ2n) is 8.61. The Morgan fingerprint density at radius 1 is 1.18 bits per heavy atom. The maximum atomic E-state index is 12.3. The van der Waals surface area contributed by atoms with Gasteiger partial charge >= 0.3 is 0 Å². The highest BCUT2D eigenvalue weighted by Crippen LogP contribution is 2.32. The fourth-order valence-electron chi connectivity index (χ4n) is 3.92. The van der Waals surface area contributed by atoms with Crippen LogP contribution in [0.15, 0.2) is 47.3 Å². The Balaban J connectivity index is 1.38. The molecule has 0 radical (unpaired) electrons. The predicted molar refractivity (Wildman–Crippen MR) is 132 cm³/mol. The van der Waals surface area contributed by atoms with Gasteiger partial charge in [-0.2, -0.15) is 0 Å². The number of nitrogens with zero attached hydrogens (tertiary/aromatic N) is 3. The van der Waals surface area contributed by atoms with Crippen molar-refractivity contribution < 1.29 is 14.6 Å². The molecule has 0 spiro atoms. The molecule has 0 saturated heterocycles. The number of ether oxygens (including phenoxy) is 1. The molecule has 2 aromatic carbocycles. The molecule has 2 aromatic heterocycles. The van der Waals surface area contributed by atoms with Gasteiger partial charge < -0.3 is 14.4 Å². The van der Waals surface area contributed by atoms with Crippen LogP contribution < -0.4 is 4.74 Å². The topological polar surface area (TPSA) is 77.2 Å². The van der Waals surface area contributed by atoms with Gasteiger partial charge in [-0.05, 0) is 49.9 Å². The lowest BCUT2D eigenvalue weighted by atomic mass is 9.98. The first-order chi connectivity index (χ1) is 16.0. The van der Waals surface area contributed by atoms with Crippen molar-refractivity contribution in [2.75, 3.05) is 6.61 Å². The number of phenols is 1.